The second-order valence-corrected chi connectivity index (χ2v) is 7.83. The fourth-order valence-corrected chi connectivity index (χ4v) is 3.56. The first-order valence-electron chi connectivity index (χ1n) is 8.06. The van der Waals surface area contributed by atoms with Crippen molar-refractivity contribution >= 4 is 45.7 Å². The van der Waals surface area contributed by atoms with Crippen molar-refractivity contribution in [2.75, 3.05) is 11.1 Å². The van der Waals surface area contributed by atoms with E-state index in [9.17, 15) is 4.79 Å². The van der Waals surface area contributed by atoms with Crippen molar-refractivity contribution in [3.8, 4) is 5.75 Å². The average molecular weight is 425 g/mol. The van der Waals surface area contributed by atoms with Gasteiger partial charge in [0.2, 0.25) is 11.0 Å². The molecule has 11 heteroatoms. The molecule has 1 N–H and O–H groups in total. The van der Waals surface area contributed by atoms with Gasteiger partial charge in [0.15, 0.2) is 11.0 Å². The Morgan fingerprint density at radius 3 is 2.74 bits per heavy atom. The first-order valence-corrected chi connectivity index (χ1v) is 10.2. The molecule has 2 heterocycles. The van der Waals surface area contributed by atoms with Crippen molar-refractivity contribution in [1.82, 2.24) is 25.0 Å². The molecular formula is C16H17ClN6O2S2. The Bertz CT molecular complexity index is 912. The van der Waals surface area contributed by atoms with E-state index < -0.39 is 0 Å². The van der Waals surface area contributed by atoms with Crippen LogP contribution in [0.15, 0.2) is 29.4 Å². The second-order valence-electron chi connectivity index (χ2n) is 5.39. The summed E-state index contributed by atoms with van der Waals surface area (Å²) in [6.07, 6.45) is 0.794. The van der Waals surface area contributed by atoms with Crippen LogP contribution < -0.4 is 10.1 Å². The number of halogens is 1. The Labute approximate surface area is 169 Å². The summed E-state index contributed by atoms with van der Waals surface area (Å²) in [5, 5.41) is 21.5. The van der Waals surface area contributed by atoms with Crippen LogP contribution in [0.4, 0.5) is 5.13 Å². The van der Waals surface area contributed by atoms with E-state index >= 15 is 0 Å². The number of nitrogens with one attached hydrogen (secondary N) is 1. The van der Waals surface area contributed by atoms with Crippen LogP contribution in [0.25, 0.3) is 0 Å². The summed E-state index contributed by atoms with van der Waals surface area (Å²) in [5.41, 5.74) is 0. The number of hydrogen-bond acceptors (Lipinski definition) is 8. The molecule has 0 aliphatic carbocycles. The average Bonchev–Trinajstić information content (AvgIpc) is 3.26. The number of anilines is 1. The van der Waals surface area contributed by atoms with E-state index in [2.05, 4.69) is 25.7 Å². The quantitative estimate of drug-likeness (QED) is 0.555. The molecule has 0 aliphatic heterocycles. The molecule has 3 rings (SSSR count). The number of amides is 1. The Hall–Kier alpha value is -2.17. The summed E-state index contributed by atoms with van der Waals surface area (Å²) in [4.78, 5) is 12.1. The predicted molar refractivity (Wildman–Crippen MR) is 105 cm³/mol. The van der Waals surface area contributed by atoms with Gasteiger partial charge >= 0.3 is 0 Å². The molecule has 0 fully saturated rings. The number of hydrogen-bond donors (Lipinski definition) is 1. The Kier molecular flexibility index (Phi) is 6.64. The molecule has 0 radical (unpaired) electrons. The largest absolute Gasteiger partial charge is 0.486 e. The number of nitrogens with zero attached hydrogens (tertiary/aromatic N) is 5. The normalized spacial score (nSPS) is 10.8. The van der Waals surface area contributed by atoms with E-state index in [-0.39, 0.29) is 18.3 Å². The van der Waals surface area contributed by atoms with E-state index in [0.717, 1.165) is 11.4 Å². The minimum Gasteiger partial charge on any atom is -0.486 e. The smallest absolute Gasteiger partial charge is 0.236 e. The maximum atomic E-state index is 12.1. The Balaban J connectivity index is 1.50. The number of carbonyl (C=O) groups is 1. The van der Waals surface area contributed by atoms with E-state index in [1.54, 1.807) is 28.8 Å². The minimum atomic E-state index is -0.166. The molecule has 8 nitrogen and oxygen atoms in total. The zero-order valence-corrected chi connectivity index (χ0v) is 17.1. The number of ether oxygens (including phenoxy) is 1. The number of aromatic nitrogens is 5. The fourth-order valence-electron chi connectivity index (χ4n) is 2.01. The lowest BCUT2D eigenvalue weighted by Gasteiger charge is -2.06. The van der Waals surface area contributed by atoms with Gasteiger partial charge in [-0.2, -0.15) is 0 Å². The van der Waals surface area contributed by atoms with Gasteiger partial charge in [0.25, 0.3) is 0 Å². The van der Waals surface area contributed by atoms with Gasteiger partial charge in [0, 0.05) is 12.1 Å². The number of benzene rings is 1. The van der Waals surface area contributed by atoms with Crippen LogP contribution in [0.2, 0.25) is 5.02 Å². The maximum absolute atomic E-state index is 12.1. The van der Waals surface area contributed by atoms with E-state index in [0.29, 0.717) is 26.9 Å². The molecule has 0 spiro atoms. The van der Waals surface area contributed by atoms with Gasteiger partial charge in [0.05, 0.1) is 5.75 Å². The lowest BCUT2D eigenvalue weighted by molar-refractivity contribution is -0.113. The summed E-state index contributed by atoms with van der Waals surface area (Å²) in [7, 11) is 1.83. The highest BCUT2D eigenvalue weighted by molar-refractivity contribution is 7.99. The first-order chi connectivity index (χ1) is 13.0. The summed E-state index contributed by atoms with van der Waals surface area (Å²) < 4.78 is 7.47. The highest BCUT2D eigenvalue weighted by Crippen LogP contribution is 2.20. The van der Waals surface area contributed by atoms with Crippen molar-refractivity contribution in [3.05, 3.63) is 40.1 Å². The number of thioether (sulfide) groups is 1. The molecule has 3 aromatic rings. The molecule has 0 saturated heterocycles. The molecule has 1 aromatic carbocycles. The van der Waals surface area contributed by atoms with Crippen molar-refractivity contribution in [2.24, 2.45) is 7.05 Å². The molecular weight excluding hydrogens is 408 g/mol. The molecule has 2 aromatic heterocycles. The minimum absolute atomic E-state index is 0.166. The van der Waals surface area contributed by atoms with Gasteiger partial charge in [-0.05, 0) is 30.7 Å². The highest BCUT2D eigenvalue weighted by atomic mass is 35.5. The SMILES string of the molecule is CCc1nnc(NC(=O)CSc2nnc(COc3ccc(Cl)cc3)n2C)s1. The molecule has 0 atom stereocenters. The van der Waals surface area contributed by atoms with Gasteiger partial charge in [-0.1, -0.05) is 41.6 Å². The number of rotatable bonds is 8. The predicted octanol–water partition coefficient (Wildman–Crippen LogP) is 3.19. The third-order valence-electron chi connectivity index (χ3n) is 3.45. The van der Waals surface area contributed by atoms with Crippen molar-refractivity contribution in [2.45, 2.75) is 25.1 Å². The molecule has 27 heavy (non-hydrogen) atoms. The van der Waals surface area contributed by atoms with Crippen molar-refractivity contribution < 1.29 is 9.53 Å². The van der Waals surface area contributed by atoms with E-state index in [1.807, 2.05) is 14.0 Å². The molecule has 0 bridgehead atoms. The van der Waals surface area contributed by atoms with Crippen LogP contribution in [-0.2, 0) is 24.9 Å². The van der Waals surface area contributed by atoms with Crippen LogP contribution in [0, 0.1) is 0 Å². The zero-order chi connectivity index (χ0) is 19.2. The van der Waals surface area contributed by atoms with E-state index in [1.165, 1.54) is 23.1 Å². The standard InChI is InChI=1S/C16H17ClN6O2S2/c1-3-14-20-21-15(27-14)18-13(24)9-26-16-22-19-12(23(16)2)8-25-11-6-4-10(17)5-7-11/h4-7H,3,8-9H2,1-2H3,(H,18,21,24). The Morgan fingerprint density at radius 1 is 1.26 bits per heavy atom. The summed E-state index contributed by atoms with van der Waals surface area (Å²) >= 11 is 8.52. The summed E-state index contributed by atoms with van der Waals surface area (Å²) in [6, 6.07) is 7.09. The summed E-state index contributed by atoms with van der Waals surface area (Å²) in [5.74, 6) is 1.38. The molecule has 0 aliphatic rings. The summed E-state index contributed by atoms with van der Waals surface area (Å²) in [6.45, 7) is 2.26. The molecule has 0 saturated carbocycles. The fraction of sp³-hybridized carbons (Fsp3) is 0.312. The monoisotopic (exact) mass is 424 g/mol. The van der Waals surface area contributed by atoms with Crippen molar-refractivity contribution in [3.63, 3.8) is 0 Å². The first kappa shape index (κ1) is 19.6. The van der Waals surface area contributed by atoms with Crippen molar-refractivity contribution in [1.29, 1.82) is 0 Å². The highest BCUT2D eigenvalue weighted by Gasteiger charge is 2.13. The van der Waals surface area contributed by atoms with Gasteiger partial charge < -0.3 is 9.30 Å². The van der Waals surface area contributed by atoms with Crippen LogP contribution in [0.3, 0.4) is 0 Å². The lowest BCUT2D eigenvalue weighted by Crippen LogP contribution is -2.14. The van der Waals surface area contributed by atoms with Crippen LogP contribution in [0.1, 0.15) is 17.8 Å². The third-order valence-corrected chi connectivity index (χ3v) is 5.71. The topological polar surface area (TPSA) is 94.8 Å². The lowest BCUT2D eigenvalue weighted by atomic mass is 10.3. The number of aryl methyl sites for hydroxylation is 1. The molecule has 0 unspecified atom stereocenters. The van der Waals surface area contributed by atoms with Crippen LogP contribution in [0.5, 0.6) is 5.75 Å². The van der Waals surface area contributed by atoms with Gasteiger partial charge in [-0.25, -0.2) is 0 Å². The maximum Gasteiger partial charge on any atom is 0.236 e. The zero-order valence-electron chi connectivity index (χ0n) is 14.7. The van der Waals surface area contributed by atoms with Crippen LogP contribution >= 0.6 is 34.7 Å². The number of carbonyl (C=O) groups excluding carboxylic acids is 1. The molecule has 1 amide bonds. The van der Waals surface area contributed by atoms with Gasteiger partial charge in [-0.3, -0.25) is 10.1 Å². The second kappa shape index (κ2) is 9.16. The van der Waals surface area contributed by atoms with Gasteiger partial charge in [-0.15, -0.1) is 20.4 Å². The molecule has 142 valence electrons. The van der Waals surface area contributed by atoms with Gasteiger partial charge in [0.1, 0.15) is 17.4 Å². The Morgan fingerprint density at radius 2 is 2.04 bits per heavy atom. The van der Waals surface area contributed by atoms with Crippen LogP contribution in [-0.4, -0.2) is 36.6 Å². The van der Waals surface area contributed by atoms with E-state index in [4.69, 9.17) is 16.3 Å². The third kappa shape index (κ3) is 5.41.